The highest BCUT2D eigenvalue weighted by atomic mass is 16.1. The average molecular weight is 141 g/mol. The number of carbonyl (C=O) groups is 1. The van der Waals surface area contributed by atoms with E-state index < -0.39 is 0 Å². The number of rotatable bonds is 3. The molecule has 10 heavy (non-hydrogen) atoms. The van der Waals surface area contributed by atoms with E-state index >= 15 is 0 Å². The first-order valence-electron chi connectivity index (χ1n) is 2.83. The maximum atomic E-state index is 10.5. The van der Waals surface area contributed by atoms with Crippen LogP contribution in [0.15, 0.2) is 22.6 Å². The van der Waals surface area contributed by atoms with Crippen LogP contribution in [0.2, 0.25) is 0 Å². The van der Waals surface area contributed by atoms with Crippen LogP contribution >= 0.6 is 0 Å². The summed E-state index contributed by atoms with van der Waals surface area (Å²) in [4.78, 5) is 10.5. The predicted molar refractivity (Wildman–Crippen MR) is 38.4 cm³/mol. The number of Topliss-reactive ketones (excluding diaryl/α,β-unsaturated/α-hetero) is 1. The topological polar surface area (TPSA) is 45.0 Å². The Labute approximate surface area is 60.2 Å². The van der Waals surface area contributed by atoms with Crippen molar-refractivity contribution < 1.29 is 4.79 Å². The Balaban J connectivity index is 3.91. The molecule has 0 fully saturated rings. The maximum absolute atomic E-state index is 10.5. The molecule has 0 aromatic heterocycles. The summed E-state index contributed by atoms with van der Waals surface area (Å²) in [7, 11) is 3.44. The quantitative estimate of drug-likeness (QED) is 0.334. The molecule has 0 aliphatic rings. The van der Waals surface area contributed by atoms with E-state index in [0.29, 0.717) is 0 Å². The lowest BCUT2D eigenvalue weighted by molar-refractivity contribution is -0.113. The van der Waals surface area contributed by atoms with Gasteiger partial charge in [-0.2, -0.15) is 0 Å². The minimum Gasteiger partial charge on any atom is -0.293 e. The van der Waals surface area contributed by atoms with Gasteiger partial charge in [0.05, 0.1) is 0 Å². The molecule has 0 saturated heterocycles. The van der Waals surface area contributed by atoms with Crippen LogP contribution in [-0.2, 0) is 4.79 Å². The molecule has 0 atom stereocenters. The van der Waals surface area contributed by atoms with Gasteiger partial charge in [0, 0.05) is 21.0 Å². The highest BCUT2D eigenvalue weighted by Crippen LogP contribution is 1.94. The molecule has 0 spiro atoms. The van der Waals surface area contributed by atoms with Crippen molar-refractivity contribution >= 4 is 5.78 Å². The van der Waals surface area contributed by atoms with Crippen molar-refractivity contribution in [3.8, 4) is 0 Å². The molecule has 0 aliphatic carbocycles. The molecular weight excluding hydrogens is 130 g/mol. The third kappa shape index (κ3) is 3.77. The van der Waals surface area contributed by atoms with Crippen LogP contribution in [0.5, 0.6) is 0 Å². The molecule has 0 aromatic carbocycles. The van der Waals surface area contributed by atoms with E-state index in [1.807, 2.05) is 0 Å². The van der Waals surface area contributed by atoms with Crippen LogP contribution in [0.4, 0.5) is 0 Å². The number of ketones is 1. The van der Waals surface area contributed by atoms with Crippen LogP contribution in [0.25, 0.3) is 0 Å². The molecule has 0 unspecified atom stereocenters. The lowest BCUT2D eigenvalue weighted by Gasteiger charge is -1.99. The van der Waals surface area contributed by atoms with Crippen molar-refractivity contribution in [2.24, 2.45) is 10.3 Å². The minimum atomic E-state index is -0.161. The molecule has 4 heteroatoms. The van der Waals surface area contributed by atoms with Crippen molar-refractivity contribution in [3.63, 3.8) is 0 Å². The van der Waals surface area contributed by atoms with Gasteiger partial charge in [-0.3, -0.25) is 9.80 Å². The highest BCUT2D eigenvalue weighted by molar-refractivity contribution is 5.91. The fourth-order valence-electron chi connectivity index (χ4n) is 0.214. The van der Waals surface area contributed by atoms with Gasteiger partial charge < -0.3 is 0 Å². The first-order chi connectivity index (χ1) is 4.54. The molecule has 4 nitrogen and oxygen atoms in total. The van der Waals surface area contributed by atoms with E-state index in [-0.39, 0.29) is 11.5 Å². The molecular formula is C6H11N3O. The Kier molecular flexibility index (Phi) is 3.32. The van der Waals surface area contributed by atoms with E-state index in [9.17, 15) is 4.79 Å². The van der Waals surface area contributed by atoms with Crippen LogP contribution in [0.3, 0.4) is 0 Å². The number of allylic oxidation sites excluding steroid dienone is 1. The van der Waals surface area contributed by atoms with Crippen LogP contribution in [0, 0.1) is 0 Å². The molecule has 0 N–H and O–H groups in total. The van der Waals surface area contributed by atoms with Gasteiger partial charge in [-0.15, -0.1) is 5.11 Å². The van der Waals surface area contributed by atoms with Gasteiger partial charge in [0.25, 0.3) is 0 Å². The second kappa shape index (κ2) is 3.76. The molecule has 0 saturated carbocycles. The monoisotopic (exact) mass is 141 g/mol. The van der Waals surface area contributed by atoms with Gasteiger partial charge in [-0.1, -0.05) is 11.8 Å². The fraction of sp³-hybridized carbons (Fsp3) is 0.500. The zero-order valence-corrected chi connectivity index (χ0v) is 6.46. The molecule has 0 amide bonds. The second-order valence-electron chi connectivity index (χ2n) is 2.04. The molecule has 0 radical (unpaired) electrons. The van der Waals surface area contributed by atoms with Crippen molar-refractivity contribution in [1.29, 1.82) is 0 Å². The Morgan fingerprint density at radius 2 is 2.00 bits per heavy atom. The molecule has 0 rings (SSSR count). The van der Waals surface area contributed by atoms with E-state index in [1.54, 1.807) is 14.1 Å². The largest absolute Gasteiger partial charge is 0.293 e. The fourth-order valence-corrected chi connectivity index (χ4v) is 0.214. The third-order valence-electron chi connectivity index (χ3n) is 0.751. The summed E-state index contributed by atoms with van der Waals surface area (Å²) >= 11 is 0. The van der Waals surface area contributed by atoms with E-state index in [0.717, 1.165) is 0 Å². The summed E-state index contributed by atoms with van der Waals surface area (Å²) in [5.41, 5.74) is 0.175. The van der Waals surface area contributed by atoms with Crippen LogP contribution in [-0.4, -0.2) is 24.9 Å². The van der Waals surface area contributed by atoms with Crippen LogP contribution < -0.4 is 0 Å². The Bertz CT molecular complexity index is 172. The van der Waals surface area contributed by atoms with Gasteiger partial charge in [-0.25, -0.2) is 0 Å². The maximum Gasteiger partial charge on any atom is 0.179 e. The Hall–Kier alpha value is -1.19. The number of nitrogens with zero attached hydrogens (tertiary/aromatic N) is 3. The second-order valence-corrected chi connectivity index (χ2v) is 2.04. The summed E-state index contributed by atoms with van der Waals surface area (Å²) < 4.78 is 0. The molecule has 0 aromatic rings. The van der Waals surface area contributed by atoms with Crippen molar-refractivity contribution in [1.82, 2.24) is 5.01 Å². The SMILES string of the molecule is C=C(N=NN(C)C)C(C)=O. The summed E-state index contributed by atoms with van der Waals surface area (Å²) in [5, 5.41) is 8.61. The van der Waals surface area contributed by atoms with E-state index in [2.05, 4.69) is 16.9 Å². The normalized spacial score (nSPS) is 9.90. The van der Waals surface area contributed by atoms with Crippen LogP contribution in [0.1, 0.15) is 6.92 Å². The summed E-state index contributed by atoms with van der Waals surface area (Å²) in [6, 6.07) is 0. The van der Waals surface area contributed by atoms with Gasteiger partial charge >= 0.3 is 0 Å². The number of carbonyl (C=O) groups excluding carboxylic acids is 1. The zero-order chi connectivity index (χ0) is 8.15. The van der Waals surface area contributed by atoms with Crippen molar-refractivity contribution in [3.05, 3.63) is 12.3 Å². The lowest BCUT2D eigenvalue weighted by atomic mass is 10.4. The third-order valence-corrected chi connectivity index (χ3v) is 0.751. The molecule has 0 bridgehead atoms. The first-order valence-corrected chi connectivity index (χ1v) is 2.83. The van der Waals surface area contributed by atoms with Gasteiger partial charge in [0.15, 0.2) is 5.78 Å². The van der Waals surface area contributed by atoms with Gasteiger partial charge in [0.2, 0.25) is 0 Å². The lowest BCUT2D eigenvalue weighted by Crippen LogP contribution is -2.00. The molecule has 0 aliphatic heterocycles. The van der Waals surface area contributed by atoms with Gasteiger partial charge in [0.1, 0.15) is 5.70 Å². The van der Waals surface area contributed by atoms with Gasteiger partial charge in [-0.05, 0) is 0 Å². The smallest absolute Gasteiger partial charge is 0.179 e. The average Bonchev–Trinajstić information content (AvgIpc) is 1.82. The summed E-state index contributed by atoms with van der Waals surface area (Å²) in [6.07, 6.45) is 0. The standard InChI is InChI=1S/C6H11N3O/c1-5(6(2)10)7-8-9(3)4/h1H2,2-4H3. The summed E-state index contributed by atoms with van der Waals surface area (Å²) in [5.74, 6) is -0.161. The van der Waals surface area contributed by atoms with Crippen molar-refractivity contribution in [2.75, 3.05) is 14.1 Å². The number of hydrogen-bond donors (Lipinski definition) is 0. The predicted octanol–water partition coefficient (Wildman–Crippen LogP) is 1.02. The first kappa shape index (κ1) is 8.81. The molecule has 0 heterocycles. The van der Waals surface area contributed by atoms with E-state index in [4.69, 9.17) is 0 Å². The Morgan fingerprint density at radius 1 is 1.50 bits per heavy atom. The number of hydrogen-bond acceptors (Lipinski definition) is 3. The van der Waals surface area contributed by atoms with Crippen molar-refractivity contribution in [2.45, 2.75) is 6.92 Å². The van der Waals surface area contributed by atoms with E-state index in [1.165, 1.54) is 11.9 Å². The molecule has 56 valence electrons. The minimum absolute atomic E-state index is 0.161. The Morgan fingerprint density at radius 3 is 2.30 bits per heavy atom. The highest BCUT2D eigenvalue weighted by Gasteiger charge is 1.95. The zero-order valence-electron chi connectivity index (χ0n) is 6.46. The summed E-state index contributed by atoms with van der Waals surface area (Å²) in [6.45, 7) is 4.79.